The van der Waals surface area contributed by atoms with Gasteiger partial charge in [-0.2, -0.15) is 0 Å². The Bertz CT molecular complexity index is 329. The van der Waals surface area contributed by atoms with Gasteiger partial charge < -0.3 is 15.2 Å². The van der Waals surface area contributed by atoms with Gasteiger partial charge in [-0.1, -0.05) is 6.07 Å². The molecule has 16 heavy (non-hydrogen) atoms. The predicted octanol–water partition coefficient (Wildman–Crippen LogP) is 0.923. The fourth-order valence-electron chi connectivity index (χ4n) is 1.33. The number of nitrogens with two attached hydrogens (primary N) is 1. The molecule has 1 aromatic rings. The third kappa shape index (κ3) is 5.14. The molecule has 3 nitrogen and oxygen atoms in total. The van der Waals surface area contributed by atoms with E-state index in [2.05, 4.69) is 47.0 Å². The van der Waals surface area contributed by atoms with Crippen LogP contribution in [0.2, 0.25) is 0 Å². The number of quaternary nitrogens is 1. The van der Waals surface area contributed by atoms with Crippen molar-refractivity contribution in [2.75, 3.05) is 19.7 Å². The molecule has 0 aliphatic rings. The molecule has 90 valence electrons. The third-order valence-corrected chi connectivity index (χ3v) is 3.02. The average Bonchev–Trinajstić information content (AvgIpc) is 2.20. The van der Waals surface area contributed by atoms with Gasteiger partial charge in [0.2, 0.25) is 0 Å². The molecule has 0 saturated carbocycles. The van der Waals surface area contributed by atoms with E-state index in [9.17, 15) is 0 Å². The van der Waals surface area contributed by atoms with Crippen molar-refractivity contribution in [1.29, 1.82) is 0 Å². The van der Waals surface area contributed by atoms with E-state index in [4.69, 9.17) is 9.84 Å². The van der Waals surface area contributed by atoms with Crippen LogP contribution in [-0.2, 0) is 0 Å². The molecule has 0 fully saturated rings. The van der Waals surface area contributed by atoms with E-state index in [-0.39, 0.29) is 6.10 Å². The Kier molecular flexibility index (Phi) is 6.08. The van der Waals surface area contributed by atoms with Crippen LogP contribution in [-0.4, -0.2) is 30.9 Å². The molecule has 1 rings (SSSR count). The Morgan fingerprint density at radius 1 is 1.50 bits per heavy atom. The second-order valence-electron chi connectivity index (χ2n) is 3.94. The van der Waals surface area contributed by atoms with Gasteiger partial charge in [0, 0.05) is 0 Å². The summed E-state index contributed by atoms with van der Waals surface area (Å²) < 4.78 is 6.80. The zero-order valence-electron chi connectivity index (χ0n) is 9.74. The van der Waals surface area contributed by atoms with Gasteiger partial charge in [-0.05, 0) is 54.1 Å². The lowest BCUT2D eigenvalue weighted by Gasteiger charge is -2.08. The first-order valence-corrected chi connectivity index (χ1v) is 6.56. The van der Waals surface area contributed by atoms with E-state index in [1.54, 1.807) is 6.92 Å². The zero-order chi connectivity index (χ0) is 12.0. The minimum Gasteiger partial charge on any atom is -0.487 e. The number of ether oxygens (including phenoxy) is 1. The molecule has 0 bridgehead atoms. The van der Waals surface area contributed by atoms with Gasteiger partial charge in [-0.3, -0.25) is 0 Å². The van der Waals surface area contributed by atoms with Crippen LogP contribution >= 0.6 is 22.6 Å². The van der Waals surface area contributed by atoms with Crippen LogP contribution in [0.25, 0.3) is 0 Å². The number of aliphatic hydroxyl groups excluding tert-OH is 1. The van der Waals surface area contributed by atoms with Gasteiger partial charge in [-0.15, -0.1) is 0 Å². The molecule has 0 amide bonds. The van der Waals surface area contributed by atoms with Gasteiger partial charge in [0.15, 0.2) is 0 Å². The van der Waals surface area contributed by atoms with Gasteiger partial charge in [0.05, 0.1) is 9.67 Å². The first-order chi connectivity index (χ1) is 7.59. The van der Waals surface area contributed by atoms with Crippen LogP contribution in [0, 0.1) is 10.5 Å². The predicted molar refractivity (Wildman–Crippen MR) is 72.7 cm³/mol. The maximum absolute atomic E-state index is 9.07. The lowest BCUT2D eigenvalue weighted by molar-refractivity contribution is -0.661. The van der Waals surface area contributed by atoms with Crippen LogP contribution in [0.1, 0.15) is 12.5 Å². The van der Waals surface area contributed by atoms with Gasteiger partial charge >= 0.3 is 0 Å². The van der Waals surface area contributed by atoms with Crippen molar-refractivity contribution in [3.05, 3.63) is 27.3 Å². The van der Waals surface area contributed by atoms with E-state index in [0.717, 1.165) is 22.4 Å². The van der Waals surface area contributed by atoms with Crippen molar-refractivity contribution in [1.82, 2.24) is 0 Å². The van der Waals surface area contributed by atoms with E-state index >= 15 is 0 Å². The number of hydrogen-bond acceptors (Lipinski definition) is 2. The number of aliphatic hydroxyl groups is 1. The average molecular weight is 336 g/mol. The van der Waals surface area contributed by atoms with Crippen molar-refractivity contribution in [3.63, 3.8) is 0 Å². The van der Waals surface area contributed by atoms with Gasteiger partial charge in [0.25, 0.3) is 0 Å². The maximum Gasteiger partial charge on any atom is 0.137 e. The highest BCUT2D eigenvalue weighted by Crippen LogP contribution is 2.21. The number of aryl methyl sites for hydroxylation is 1. The number of benzene rings is 1. The lowest BCUT2D eigenvalue weighted by Crippen LogP contribution is -2.87. The van der Waals surface area contributed by atoms with Crippen molar-refractivity contribution in [2.45, 2.75) is 20.0 Å². The minimum absolute atomic E-state index is 0.250. The summed E-state index contributed by atoms with van der Waals surface area (Å²) in [5, 5.41) is 11.1. The highest BCUT2D eigenvalue weighted by Gasteiger charge is 2.02. The molecule has 1 atom stereocenters. The summed E-state index contributed by atoms with van der Waals surface area (Å²) in [5.41, 5.74) is 1.25. The van der Waals surface area contributed by atoms with Crippen LogP contribution in [0.5, 0.6) is 5.75 Å². The number of hydrogen-bond donors (Lipinski definition) is 2. The molecule has 0 aliphatic carbocycles. The molecule has 0 radical (unpaired) electrons. The summed E-state index contributed by atoms with van der Waals surface area (Å²) in [4.78, 5) is 0. The van der Waals surface area contributed by atoms with Crippen LogP contribution in [0.15, 0.2) is 18.2 Å². The Morgan fingerprint density at radius 2 is 2.25 bits per heavy atom. The van der Waals surface area contributed by atoms with Gasteiger partial charge in [0.1, 0.15) is 25.4 Å². The first-order valence-electron chi connectivity index (χ1n) is 5.48. The van der Waals surface area contributed by atoms with Gasteiger partial charge in [-0.25, -0.2) is 0 Å². The highest BCUT2D eigenvalue weighted by molar-refractivity contribution is 14.1. The summed E-state index contributed by atoms with van der Waals surface area (Å²) in [6, 6.07) is 6.16. The molecule has 0 heterocycles. The Labute approximate surface area is 110 Å². The monoisotopic (exact) mass is 336 g/mol. The lowest BCUT2D eigenvalue weighted by atomic mass is 10.2. The molecule has 1 aromatic carbocycles. The molecule has 3 N–H and O–H groups in total. The third-order valence-electron chi connectivity index (χ3n) is 2.17. The fourth-order valence-corrected chi connectivity index (χ4v) is 2.16. The zero-order valence-corrected chi connectivity index (χ0v) is 11.9. The molecule has 0 aromatic heterocycles. The highest BCUT2D eigenvalue weighted by atomic mass is 127. The minimum atomic E-state index is -0.250. The molecular weight excluding hydrogens is 317 g/mol. The second-order valence-corrected chi connectivity index (χ2v) is 5.11. The summed E-state index contributed by atoms with van der Waals surface area (Å²) in [6.45, 7) is 6.14. The molecule has 0 saturated heterocycles. The Morgan fingerprint density at radius 3 is 2.88 bits per heavy atom. The maximum atomic E-state index is 9.07. The molecule has 0 unspecified atom stereocenters. The topological polar surface area (TPSA) is 46.1 Å². The van der Waals surface area contributed by atoms with Crippen LogP contribution in [0.4, 0.5) is 0 Å². The molecular formula is C12H19INO2+. The number of rotatable bonds is 6. The molecule has 0 aliphatic heterocycles. The van der Waals surface area contributed by atoms with Crippen molar-refractivity contribution in [2.24, 2.45) is 0 Å². The summed E-state index contributed by atoms with van der Waals surface area (Å²) in [6.07, 6.45) is -0.250. The summed E-state index contributed by atoms with van der Waals surface area (Å²) in [7, 11) is 0. The largest absolute Gasteiger partial charge is 0.487 e. The van der Waals surface area contributed by atoms with Crippen LogP contribution in [0.3, 0.4) is 0 Å². The standard InChI is InChI=1S/C12H18INO2/c1-9-3-4-12(11(13)7-9)16-6-5-14-8-10(2)15/h3-4,7,10,14-15H,5-6,8H2,1-2H3/p+1/t10-/m0/s1. The smallest absolute Gasteiger partial charge is 0.137 e. The Hall–Kier alpha value is -0.330. The van der Waals surface area contributed by atoms with E-state index in [0.29, 0.717) is 6.61 Å². The van der Waals surface area contributed by atoms with Crippen molar-refractivity contribution >= 4 is 22.6 Å². The first kappa shape index (κ1) is 13.7. The quantitative estimate of drug-likeness (QED) is 0.600. The van der Waals surface area contributed by atoms with Crippen molar-refractivity contribution < 1.29 is 15.2 Å². The summed E-state index contributed by atoms with van der Waals surface area (Å²) >= 11 is 2.28. The molecule has 0 spiro atoms. The SMILES string of the molecule is Cc1ccc(OCC[NH2+]C[C@H](C)O)c(I)c1. The second kappa shape index (κ2) is 7.09. The molecule has 4 heteroatoms. The van der Waals surface area contributed by atoms with E-state index in [1.807, 2.05) is 6.07 Å². The van der Waals surface area contributed by atoms with Crippen molar-refractivity contribution in [3.8, 4) is 5.75 Å². The van der Waals surface area contributed by atoms with E-state index in [1.165, 1.54) is 5.56 Å². The fraction of sp³-hybridized carbons (Fsp3) is 0.500. The normalized spacial score (nSPS) is 12.5. The van der Waals surface area contributed by atoms with Crippen LogP contribution < -0.4 is 10.1 Å². The number of halogens is 1. The van der Waals surface area contributed by atoms with E-state index < -0.39 is 0 Å². The summed E-state index contributed by atoms with van der Waals surface area (Å²) in [5.74, 6) is 0.941. The Balaban J connectivity index is 2.27.